The van der Waals surface area contributed by atoms with Crippen molar-refractivity contribution in [3.05, 3.63) is 60.3 Å². The van der Waals surface area contributed by atoms with Crippen molar-refractivity contribution in [1.82, 2.24) is 15.2 Å². The largest absolute Gasteiger partial charge is 0.489 e. The number of nitrogens with zero attached hydrogens (tertiary/aromatic N) is 3. The molecule has 146 valence electrons. The summed E-state index contributed by atoms with van der Waals surface area (Å²) in [5.41, 5.74) is -0.316. The van der Waals surface area contributed by atoms with Crippen LogP contribution in [0.25, 0.3) is 0 Å². The van der Waals surface area contributed by atoms with Crippen molar-refractivity contribution in [2.24, 2.45) is 0 Å². The van der Waals surface area contributed by atoms with Gasteiger partial charge in [0, 0.05) is 0 Å². The zero-order chi connectivity index (χ0) is 20.1. The molecule has 0 atom stereocenters. The van der Waals surface area contributed by atoms with E-state index in [1.807, 2.05) is 26.0 Å². The molecule has 6 nitrogen and oxygen atoms in total. The zero-order valence-electron chi connectivity index (χ0n) is 15.2. The number of aromatic nitrogens is 3. The maximum atomic E-state index is 13.1. The fraction of sp³-hybridized carbons (Fsp3) is 0.211. The number of benzene rings is 2. The van der Waals surface area contributed by atoms with Gasteiger partial charge >= 0.3 is 6.18 Å². The second-order valence-corrected chi connectivity index (χ2v) is 6.12. The zero-order valence-corrected chi connectivity index (χ0v) is 15.2. The molecule has 28 heavy (non-hydrogen) atoms. The molecular weight excluding hydrogens is 371 g/mol. The molecule has 0 saturated carbocycles. The Hall–Kier alpha value is -3.36. The molecule has 9 heteroatoms. The van der Waals surface area contributed by atoms with Crippen molar-refractivity contribution < 1.29 is 17.9 Å². The van der Waals surface area contributed by atoms with Gasteiger partial charge in [0.2, 0.25) is 5.95 Å². The molecule has 3 rings (SSSR count). The lowest BCUT2D eigenvalue weighted by molar-refractivity contribution is -0.136. The fourth-order valence-corrected chi connectivity index (χ4v) is 2.44. The van der Waals surface area contributed by atoms with E-state index >= 15 is 0 Å². The first-order chi connectivity index (χ1) is 13.3. The fourth-order valence-electron chi connectivity index (χ4n) is 2.44. The highest BCUT2D eigenvalue weighted by Crippen LogP contribution is 2.35. The SMILES string of the molecule is CC(C)Oc1ccccc1Nc1cnnc(Nc2ccccc2C(F)(F)F)n1. The number of anilines is 4. The molecule has 0 aliphatic heterocycles. The van der Waals surface area contributed by atoms with Crippen molar-refractivity contribution in [2.45, 2.75) is 26.1 Å². The van der Waals surface area contributed by atoms with Crippen LogP contribution >= 0.6 is 0 Å². The van der Waals surface area contributed by atoms with Gasteiger partial charge in [0.1, 0.15) is 5.75 Å². The summed E-state index contributed by atoms with van der Waals surface area (Å²) in [7, 11) is 0. The summed E-state index contributed by atoms with van der Waals surface area (Å²) in [6.45, 7) is 3.81. The third kappa shape index (κ3) is 4.87. The summed E-state index contributed by atoms with van der Waals surface area (Å²) in [6.07, 6.45) is -3.16. The van der Waals surface area contributed by atoms with E-state index in [4.69, 9.17) is 4.74 Å². The smallest absolute Gasteiger partial charge is 0.418 e. The predicted molar refractivity (Wildman–Crippen MR) is 100 cm³/mol. The van der Waals surface area contributed by atoms with Crippen LogP contribution in [-0.2, 0) is 6.18 Å². The summed E-state index contributed by atoms with van der Waals surface area (Å²) in [5.74, 6) is 0.860. The van der Waals surface area contributed by atoms with E-state index in [1.165, 1.54) is 24.4 Å². The van der Waals surface area contributed by atoms with E-state index in [9.17, 15) is 13.2 Å². The number of halogens is 3. The van der Waals surface area contributed by atoms with Crippen LogP contribution in [-0.4, -0.2) is 21.3 Å². The minimum absolute atomic E-state index is 0.0254. The average molecular weight is 389 g/mol. The first kappa shape index (κ1) is 19.4. The molecule has 0 saturated heterocycles. The van der Waals surface area contributed by atoms with Crippen LogP contribution in [0, 0.1) is 0 Å². The molecule has 0 aliphatic carbocycles. The van der Waals surface area contributed by atoms with Gasteiger partial charge in [-0.15, -0.1) is 5.10 Å². The normalized spacial score (nSPS) is 11.4. The van der Waals surface area contributed by atoms with Gasteiger partial charge in [-0.25, -0.2) is 0 Å². The Morgan fingerprint density at radius 3 is 2.32 bits per heavy atom. The Kier molecular flexibility index (Phi) is 5.62. The monoisotopic (exact) mass is 389 g/mol. The van der Waals surface area contributed by atoms with Crippen LogP contribution in [0.1, 0.15) is 19.4 Å². The molecule has 0 fully saturated rings. The van der Waals surface area contributed by atoms with E-state index < -0.39 is 11.7 Å². The summed E-state index contributed by atoms with van der Waals surface area (Å²) in [4.78, 5) is 4.19. The third-order valence-electron chi connectivity index (χ3n) is 3.55. The van der Waals surface area contributed by atoms with Crippen LogP contribution in [0.2, 0.25) is 0 Å². The molecule has 2 aromatic carbocycles. The Balaban J connectivity index is 1.83. The molecule has 0 spiro atoms. The number of hydrogen-bond acceptors (Lipinski definition) is 6. The summed E-state index contributed by atoms with van der Waals surface area (Å²) >= 11 is 0. The number of ether oxygens (including phenoxy) is 1. The van der Waals surface area contributed by atoms with Gasteiger partial charge in [-0.3, -0.25) is 0 Å². The maximum Gasteiger partial charge on any atom is 0.418 e. The van der Waals surface area contributed by atoms with Gasteiger partial charge in [-0.2, -0.15) is 23.3 Å². The van der Waals surface area contributed by atoms with E-state index in [0.29, 0.717) is 17.3 Å². The third-order valence-corrected chi connectivity index (χ3v) is 3.55. The van der Waals surface area contributed by atoms with E-state index in [-0.39, 0.29) is 17.7 Å². The number of nitrogens with one attached hydrogen (secondary N) is 2. The van der Waals surface area contributed by atoms with Crippen molar-refractivity contribution >= 4 is 23.1 Å². The van der Waals surface area contributed by atoms with Crippen LogP contribution < -0.4 is 15.4 Å². The topological polar surface area (TPSA) is 72.0 Å². The molecule has 1 heterocycles. The second-order valence-electron chi connectivity index (χ2n) is 6.12. The van der Waals surface area contributed by atoms with Gasteiger partial charge < -0.3 is 15.4 Å². The van der Waals surface area contributed by atoms with Crippen LogP contribution in [0.5, 0.6) is 5.75 Å². The van der Waals surface area contributed by atoms with Crippen LogP contribution in [0.15, 0.2) is 54.7 Å². The van der Waals surface area contributed by atoms with Gasteiger partial charge in [0.25, 0.3) is 0 Å². The highest BCUT2D eigenvalue weighted by atomic mass is 19.4. The Morgan fingerprint density at radius 1 is 0.929 bits per heavy atom. The molecule has 0 unspecified atom stereocenters. The van der Waals surface area contributed by atoms with Gasteiger partial charge in [-0.05, 0) is 38.1 Å². The lowest BCUT2D eigenvalue weighted by Gasteiger charge is -2.15. The lowest BCUT2D eigenvalue weighted by atomic mass is 10.1. The van der Waals surface area contributed by atoms with Crippen LogP contribution in [0.4, 0.5) is 36.3 Å². The van der Waals surface area contributed by atoms with Gasteiger partial charge in [0.15, 0.2) is 5.82 Å². The second kappa shape index (κ2) is 8.12. The van der Waals surface area contributed by atoms with Crippen molar-refractivity contribution in [2.75, 3.05) is 10.6 Å². The molecule has 0 bridgehead atoms. The van der Waals surface area contributed by atoms with Gasteiger partial charge in [0.05, 0.1) is 29.2 Å². The number of para-hydroxylation sites is 3. The highest BCUT2D eigenvalue weighted by molar-refractivity contribution is 5.65. The molecular formula is C19H18F3N5O. The Labute approximate surface area is 159 Å². The van der Waals surface area contributed by atoms with Gasteiger partial charge in [-0.1, -0.05) is 24.3 Å². The number of hydrogen-bond donors (Lipinski definition) is 2. The molecule has 3 aromatic rings. The lowest BCUT2D eigenvalue weighted by Crippen LogP contribution is -2.10. The number of alkyl halides is 3. The van der Waals surface area contributed by atoms with Crippen molar-refractivity contribution in [3.63, 3.8) is 0 Å². The Bertz CT molecular complexity index is 947. The first-order valence-electron chi connectivity index (χ1n) is 8.48. The highest BCUT2D eigenvalue weighted by Gasteiger charge is 2.33. The van der Waals surface area contributed by atoms with E-state index in [0.717, 1.165) is 6.07 Å². The molecule has 2 N–H and O–H groups in total. The molecule has 0 aliphatic rings. The number of rotatable bonds is 6. The summed E-state index contributed by atoms with van der Waals surface area (Å²) in [5, 5.41) is 13.2. The average Bonchev–Trinajstić information content (AvgIpc) is 2.63. The van der Waals surface area contributed by atoms with E-state index in [2.05, 4.69) is 25.8 Å². The Morgan fingerprint density at radius 2 is 1.61 bits per heavy atom. The standard InChI is InChI=1S/C19H18F3N5O/c1-12(2)28-16-10-6-5-9-15(16)24-17-11-23-27-18(26-17)25-14-8-4-3-7-13(14)19(20,21)22/h3-12H,1-2H3,(H2,24,25,26,27). The molecule has 1 aromatic heterocycles. The molecule has 0 amide bonds. The summed E-state index contributed by atoms with van der Waals surface area (Å²) < 4.78 is 45.2. The van der Waals surface area contributed by atoms with Crippen molar-refractivity contribution in [3.8, 4) is 5.75 Å². The first-order valence-corrected chi connectivity index (χ1v) is 8.48. The van der Waals surface area contributed by atoms with Crippen molar-refractivity contribution in [1.29, 1.82) is 0 Å². The summed E-state index contributed by atoms with van der Waals surface area (Å²) in [6, 6.07) is 12.4. The quantitative estimate of drug-likeness (QED) is 0.606. The maximum absolute atomic E-state index is 13.1. The van der Waals surface area contributed by atoms with E-state index in [1.54, 1.807) is 12.1 Å². The van der Waals surface area contributed by atoms with Crippen LogP contribution in [0.3, 0.4) is 0 Å². The molecule has 0 radical (unpaired) electrons. The minimum Gasteiger partial charge on any atom is -0.489 e. The predicted octanol–water partition coefficient (Wildman–Crippen LogP) is 5.16. The minimum atomic E-state index is -4.50.